The summed E-state index contributed by atoms with van der Waals surface area (Å²) in [5, 5.41) is 21.8. The second kappa shape index (κ2) is 4.23. The molecule has 2 N–H and O–H groups in total. The minimum absolute atomic E-state index is 0.0961. The maximum Gasteiger partial charge on any atom is 0.332 e. The number of aliphatic carboxylic acids is 1. The molecule has 0 saturated heterocycles. The Balaban J connectivity index is 2.75. The van der Waals surface area contributed by atoms with Crippen molar-refractivity contribution < 1.29 is 15.0 Å². The molecule has 14 heavy (non-hydrogen) atoms. The van der Waals surface area contributed by atoms with E-state index in [2.05, 4.69) is 5.10 Å². The fraction of sp³-hybridized carbons (Fsp3) is 0.556. The van der Waals surface area contributed by atoms with Gasteiger partial charge in [-0.3, -0.25) is 4.68 Å². The minimum atomic E-state index is -1.35. The second-order valence-electron chi connectivity index (χ2n) is 3.16. The van der Waals surface area contributed by atoms with Gasteiger partial charge in [-0.05, 0) is 12.5 Å². The average molecular weight is 198 g/mol. The van der Waals surface area contributed by atoms with E-state index in [1.165, 1.54) is 0 Å². The Morgan fingerprint density at radius 2 is 2.36 bits per heavy atom. The molecule has 78 valence electrons. The fourth-order valence-corrected chi connectivity index (χ4v) is 1.22. The molecule has 1 heterocycles. The Morgan fingerprint density at radius 1 is 1.71 bits per heavy atom. The zero-order valence-corrected chi connectivity index (χ0v) is 8.27. The molecule has 1 aromatic heterocycles. The zero-order valence-electron chi connectivity index (χ0n) is 8.27. The third-order valence-electron chi connectivity index (χ3n) is 2.08. The Kier molecular flexibility index (Phi) is 3.24. The molecule has 1 unspecified atom stereocenters. The van der Waals surface area contributed by atoms with Crippen LogP contribution in [0.1, 0.15) is 18.3 Å². The van der Waals surface area contributed by atoms with Crippen LogP contribution in [0.3, 0.4) is 0 Å². The normalized spacial score (nSPS) is 12.8. The lowest BCUT2D eigenvalue weighted by Gasteiger charge is -2.04. The standard InChI is InChI=1S/C9H14N2O3/c1-3-6-4-7(11(2)10-6)5-8(12)9(13)14/h4,8,12H,3,5H2,1-2H3,(H,13,14). The van der Waals surface area contributed by atoms with E-state index in [4.69, 9.17) is 10.2 Å². The molecule has 1 rings (SSSR count). The summed E-state index contributed by atoms with van der Waals surface area (Å²) in [6, 6.07) is 1.81. The van der Waals surface area contributed by atoms with Crippen LogP contribution in [-0.2, 0) is 24.7 Å². The van der Waals surface area contributed by atoms with Crippen molar-refractivity contribution in [1.29, 1.82) is 0 Å². The third-order valence-corrected chi connectivity index (χ3v) is 2.08. The smallest absolute Gasteiger partial charge is 0.332 e. The van der Waals surface area contributed by atoms with Gasteiger partial charge in [0.2, 0.25) is 0 Å². The molecule has 0 aliphatic carbocycles. The molecule has 0 spiro atoms. The summed E-state index contributed by atoms with van der Waals surface area (Å²) in [5.41, 5.74) is 1.64. The first-order chi connectivity index (χ1) is 6.54. The van der Waals surface area contributed by atoms with E-state index in [1.807, 2.05) is 13.0 Å². The van der Waals surface area contributed by atoms with Crippen molar-refractivity contribution in [2.75, 3.05) is 0 Å². The number of hydrogen-bond donors (Lipinski definition) is 2. The Labute approximate surface area is 82.0 Å². The largest absolute Gasteiger partial charge is 0.479 e. The van der Waals surface area contributed by atoms with Crippen LogP contribution in [0.4, 0.5) is 0 Å². The van der Waals surface area contributed by atoms with E-state index in [0.717, 1.165) is 17.8 Å². The van der Waals surface area contributed by atoms with Gasteiger partial charge in [-0.15, -0.1) is 0 Å². The fourth-order valence-electron chi connectivity index (χ4n) is 1.22. The summed E-state index contributed by atoms with van der Waals surface area (Å²) < 4.78 is 1.60. The van der Waals surface area contributed by atoms with Crippen molar-refractivity contribution in [3.05, 3.63) is 17.5 Å². The van der Waals surface area contributed by atoms with Crippen LogP contribution in [-0.4, -0.2) is 32.1 Å². The van der Waals surface area contributed by atoms with Crippen LogP contribution >= 0.6 is 0 Å². The van der Waals surface area contributed by atoms with Crippen LogP contribution in [0.2, 0.25) is 0 Å². The van der Waals surface area contributed by atoms with Crippen molar-refractivity contribution in [2.45, 2.75) is 25.9 Å². The highest BCUT2D eigenvalue weighted by molar-refractivity contribution is 5.72. The van der Waals surface area contributed by atoms with Gasteiger partial charge in [-0.2, -0.15) is 5.10 Å². The van der Waals surface area contributed by atoms with Crippen molar-refractivity contribution >= 4 is 5.97 Å². The van der Waals surface area contributed by atoms with Crippen LogP contribution in [0.25, 0.3) is 0 Å². The van der Waals surface area contributed by atoms with E-state index < -0.39 is 12.1 Å². The van der Waals surface area contributed by atoms with Gasteiger partial charge in [0.15, 0.2) is 6.10 Å². The second-order valence-corrected chi connectivity index (χ2v) is 3.16. The maximum absolute atomic E-state index is 10.4. The molecular formula is C9H14N2O3. The summed E-state index contributed by atoms with van der Waals surface area (Å²) in [6.07, 6.45) is -0.453. The van der Waals surface area contributed by atoms with Gasteiger partial charge >= 0.3 is 5.97 Å². The van der Waals surface area contributed by atoms with Gasteiger partial charge in [0.05, 0.1) is 5.69 Å². The molecule has 0 bridgehead atoms. The number of hydrogen-bond acceptors (Lipinski definition) is 3. The van der Waals surface area contributed by atoms with Crippen LogP contribution < -0.4 is 0 Å². The minimum Gasteiger partial charge on any atom is -0.479 e. The number of carboxylic acid groups (broad SMARTS) is 1. The monoisotopic (exact) mass is 198 g/mol. The Bertz CT molecular complexity index is 333. The summed E-state index contributed by atoms with van der Waals surface area (Å²) >= 11 is 0. The Hall–Kier alpha value is -1.36. The molecular weight excluding hydrogens is 184 g/mol. The van der Waals surface area contributed by atoms with E-state index >= 15 is 0 Å². The highest BCUT2D eigenvalue weighted by atomic mass is 16.4. The maximum atomic E-state index is 10.4. The zero-order chi connectivity index (χ0) is 10.7. The quantitative estimate of drug-likeness (QED) is 0.712. The van der Waals surface area contributed by atoms with E-state index in [-0.39, 0.29) is 6.42 Å². The first-order valence-corrected chi connectivity index (χ1v) is 4.47. The van der Waals surface area contributed by atoms with Crippen molar-refractivity contribution in [3.63, 3.8) is 0 Å². The molecule has 0 fully saturated rings. The predicted octanol–water partition coefficient (Wildman–Crippen LogP) is -0.0295. The molecule has 1 aromatic rings. The van der Waals surface area contributed by atoms with E-state index in [9.17, 15) is 4.79 Å². The number of nitrogens with zero attached hydrogens (tertiary/aromatic N) is 2. The van der Waals surface area contributed by atoms with Crippen molar-refractivity contribution in [2.24, 2.45) is 7.05 Å². The number of aliphatic hydroxyl groups is 1. The molecule has 5 nitrogen and oxygen atoms in total. The molecule has 0 aliphatic heterocycles. The van der Waals surface area contributed by atoms with Crippen LogP contribution in [0.5, 0.6) is 0 Å². The molecule has 5 heteroatoms. The van der Waals surface area contributed by atoms with Crippen molar-refractivity contribution in [1.82, 2.24) is 9.78 Å². The van der Waals surface area contributed by atoms with Crippen LogP contribution in [0.15, 0.2) is 6.07 Å². The molecule has 0 radical (unpaired) electrons. The van der Waals surface area contributed by atoms with Crippen LogP contribution in [0, 0.1) is 0 Å². The summed E-state index contributed by atoms with van der Waals surface area (Å²) in [4.78, 5) is 10.4. The first kappa shape index (κ1) is 10.7. The van der Waals surface area contributed by atoms with E-state index in [1.54, 1.807) is 11.7 Å². The number of rotatable bonds is 4. The number of carbonyl (C=O) groups is 1. The molecule has 0 aromatic carbocycles. The predicted molar refractivity (Wildman–Crippen MR) is 49.9 cm³/mol. The highest BCUT2D eigenvalue weighted by Gasteiger charge is 2.16. The first-order valence-electron chi connectivity index (χ1n) is 4.47. The number of aliphatic hydroxyl groups excluding tert-OH is 1. The van der Waals surface area contributed by atoms with Gasteiger partial charge in [0.1, 0.15) is 0 Å². The van der Waals surface area contributed by atoms with Gasteiger partial charge in [0, 0.05) is 19.2 Å². The van der Waals surface area contributed by atoms with Gasteiger partial charge in [-0.25, -0.2) is 4.79 Å². The SMILES string of the molecule is CCc1cc(CC(O)C(=O)O)n(C)n1. The van der Waals surface area contributed by atoms with Gasteiger partial charge < -0.3 is 10.2 Å². The summed E-state index contributed by atoms with van der Waals surface area (Å²) in [6.45, 7) is 1.97. The number of carboxylic acids is 1. The molecule has 0 saturated carbocycles. The third kappa shape index (κ3) is 2.32. The number of aryl methyl sites for hydroxylation is 2. The molecule has 1 atom stereocenters. The van der Waals surface area contributed by atoms with Crippen molar-refractivity contribution in [3.8, 4) is 0 Å². The summed E-state index contributed by atoms with van der Waals surface area (Å²) in [5.74, 6) is -1.20. The Morgan fingerprint density at radius 3 is 2.79 bits per heavy atom. The summed E-state index contributed by atoms with van der Waals surface area (Å²) in [7, 11) is 1.74. The van der Waals surface area contributed by atoms with E-state index in [0.29, 0.717) is 0 Å². The number of aromatic nitrogens is 2. The van der Waals surface area contributed by atoms with Gasteiger partial charge in [-0.1, -0.05) is 6.92 Å². The topological polar surface area (TPSA) is 75.3 Å². The van der Waals surface area contributed by atoms with Gasteiger partial charge in [0.25, 0.3) is 0 Å². The lowest BCUT2D eigenvalue weighted by Crippen LogP contribution is -2.23. The lowest BCUT2D eigenvalue weighted by molar-refractivity contribution is -0.146. The molecule has 0 amide bonds. The molecule has 0 aliphatic rings. The average Bonchev–Trinajstić information content (AvgIpc) is 2.47. The highest BCUT2D eigenvalue weighted by Crippen LogP contribution is 2.06. The lowest BCUT2D eigenvalue weighted by atomic mass is 10.2.